The molecule has 1 heterocycles. The second kappa shape index (κ2) is 5.67. The van der Waals surface area contributed by atoms with E-state index < -0.39 is 0 Å². The second-order valence-corrected chi connectivity index (χ2v) is 4.45. The van der Waals surface area contributed by atoms with Crippen LogP contribution < -0.4 is 0 Å². The standard InChI is InChI=1S/C13H17ClO2/c1-2-3-8-15-9-12-13(16-12)10-6-4-5-7-11(10)14/h4-7,12-13H,2-3,8-9H2,1H3/t12-,13-/m1/s1. The summed E-state index contributed by atoms with van der Waals surface area (Å²) in [7, 11) is 0. The van der Waals surface area contributed by atoms with Crippen molar-refractivity contribution in [3.63, 3.8) is 0 Å². The van der Waals surface area contributed by atoms with Crippen LogP contribution in [0.2, 0.25) is 5.02 Å². The Hall–Kier alpha value is -0.570. The van der Waals surface area contributed by atoms with Crippen LogP contribution >= 0.6 is 11.6 Å². The van der Waals surface area contributed by atoms with E-state index in [-0.39, 0.29) is 12.2 Å². The van der Waals surface area contributed by atoms with Crippen molar-refractivity contribution in [2.45, 2.75) is 32.0 Å². The number of rotatable bonds is 6. The summed E-state index contributed by atoms with van der Waals surface area (Å²) in [4.78, 5) is 0. The Morgan fingerprint density at radius 1 is 1.38 bits per heavy atom. The maximum Gasteiger partial charge on any atom is 0.113 e. The lowest BCUT2D eigenvalue weighted by Gasteiger charge is -2.01. The molecule has 0 N–H and O–H groups in total. The molecule has 1 fully saturated rings. The molecule has 0 radical (unpaired) electrons. The average Bonchev–Trinajstić information content (AvgIpc) is 3.05. The first-order valence-electron chi connectivity index (χ1n) is 5.80. The molecule has 1 aromatic carbocycles. The molecular weight excluding hydrogens is 224 g/mol. The zero-order valence-corrected chi connectivity index (χ0v) is 10.2. The van der Waals surface area contributed by atoms with E-state index in [2.05, 4.69) is 6.92 Å². The molecule has 0 spiro atoms. The molecule has 2 rings (SSSR count). The maximum atomic E-state index is 6.09. The largest absolute Gasteiger partial charge is 0.379 e. The predicted octanol–water partition coefficient (Wildman–Crippen LogP) is 3.60. The molecule has 0 bridgehead atoms. The van der Waals surface area contributed by atoms with Crippen molar-refractivity contribution in [2.75, 3.05) is 13.2 Å². The Balaban J connectivity index is 1.76. The van der Waals surface area contributed by atoms with Gasteiger partial charge in [-0.2, -0.15) is 0 Å². The van der Waals surface area contributed by atoms with Crippen molar-refractivity contribution in [1.29, 1.82) is 0 Å². The van der Waals surface area contributed by atoms with Crippen LogP contribution in [0.3, 0.4) is 0 Å². The SMILES string of the molecule is CCCCOC[C@H]1O[C@@H]1c1ccccc1Cl. The van der Waals surface area contributed by atoms with Gasteiger partial charge in [0, 0.05) is 17.2 Å². The minimum atomic E-state index is 0.135. The fourth-order valence-corrected chi connectivity index (χ4v) is 1.94. The molecule has 1 aliphatic heterocycles. The minimum Gasteiger partial charge on any atom is -0.379 e. The fraction of sp³-hybridized carbons (Fsp3) is 0.538. The number of halogens is 1. The van der Waals surface area contributed by atoms with Gasteiger partial charge in [-0.25, -0.2) is 0 Å². The van der Waals surface area contributed by atoms with Gasteiger partial charge in [0.25, 0.3) is 0 Å². The number of hydrogen-bond acceptors (Lipinski definition) is 2. The Morgan fingerprint density at radius 2 is 2.19 bits per heavy atom. The average molecular weight is 241 g/mol. The van der Waals surface area contributed by atoms with E-state index in [1.54, 1.807) is 0 Å². The van der Waals surface area contributed by atoms with Crippen LogP contribution in [0.1, 0.15) is 31.4 Å². The van der Waals surface area contributed by atoms with Crippen molar-refractivity contribution in [3.8, 4) is 0 Å². The predicted molar refractivity (Wildman–Crippen MR) is 64.8 cm³/mol. The molecule has 0 amide bonds. The highest BCUT2D eigenvalue weighted by atomic mass is 35.5. The molecule has 1 aliphatic rings. The first-order valence-corrected chi connectivity index (χ1v) is 6.18. The van der Waals surface area contributed by atoms with Crippen LogP contribution in [0.5, 0.6) is 0 Å². The highest BCUT2D eigenvalue weighted by molar-refractivity contribution is 6.31. The lowest BCUT2D eigenvalue weighted by Crippen LogP contribution is -2.03. The van der Waals surface area contributed by atoms with Gasteiger partial charge in [-0.3, -0.25) is 0 Å². The Morgan fingerprint density at radius 3 is 2.94 bits per heavy atom. The maximum absolute atomic E-state index is 6.09. The van der Waals surface area contributed by atoms with E-state index in [9.17, 15) is 0 Å². The van der Waals surface area contributed by atoms with Crippen LogP contribution in [-0.2, 0) is 9.47 Å². The number of benzene rings is 1. The molecular formula is C13H17ClO2. The number of ether oxygens (including phenoxy) is 2. The summed E-state index contributed by atoms with van der Waals surface area (Å²) in [6.45, 7) is 3.66. The molecule has 1 saturated heterocycles. The van der Waals surface area contributed by atoms with Gasteiger partial charge in [-0.1, -0.05) is 43.1 Å². The zero-order chi connectivity index (χ0) is 11.4. The molecule has 1 aromatic rings. The molecule has 3 heteroatoms. The van der Waals surface area contributed by atoms with Gasteiger partial charge in [0.1, 0.15) is 12.2 Å². The van der Waals surface area contributed by atoms with E-state index >= 15 is 0 Å². The molecule has 0 aromatic heterocycles. The van der Waals surface area contributed by atoms with Gasteiger partial charge in [-0.05, 0) is 12.5 Å². The zero-order valence-electron chi connectivity index (χ0n) is 9.49. The van der Waals surface area contributed by atoms with E-state index in [0.717, 1.165) is 23.6 Å². The molecule has 2 atom stereocenters. The van der Waals surface area contributed by atoms with E-state index in [1.807, 2.05) is 24.3 Å². The number of hydrogen-bond donors (Lipinski definition) is 0. The fourth-order valence-electron chi connectivity index (χ4n) is 1.69. The lowest BCUT2D eigenvalue weighted by atomic mass is 10.1. The van der Waals surface area contributed by atoms with Crippen molar-refractivity contribution in [3.05, 3.63) is 34.9 Å². The van der Waals surface area contributed by atoms with Gasteiger partial charge in [0.05, 0.1) is 6.61 Å². The van der Waals surface area contributed by atoms with E-state index in [4.69, 9.17) is 21.1 Å². The molecule has 2 nitrogen and oxygen atoms in total. The molecule has 0 saturated carbocycles. The van der Waals surface area contributed by atoms with Gasteiger partial charge < -0.3 is 9.47 Å². The summed E-state index contributed by atoms with van der Waals surface area (Å²) in [6.07, 6.45) is 2.61. The van der Waals surface area contributed by atoms with Gasteiger partial charge >= 0.3 is 0 Å². The summed E-state index contributed by atoms with van der Waals surface area (Å²) in [6, 6.07) is 7.82. The summed E-state index contributed by atoms with van der Waals surface area (Å²) in [5, 5.41) is 0.781. The van der Waals surface area contributed by atoms with E-state index in [1.165, 1.54) is 6.42 Å². The van der Waals surface area contributed by atoms with Crippen LogP contribution in [-0.4, -0.2) is 19.3 Å². The highest BCUT2D eigenvalue weighted by Gasteiger charge is 2.41. The first kappa shape index (κ1) is 11.9. The second-order valence-electron chi connectivity index (χ2n) is 4.05. The Bertz CT molecular complexity index is 340. The van der Waals surface area contributed by atoms with Crippen LogP contribution in [0, 0.1) is 0 Å². The molecule has 0 unspecified atom stereocenters. The van der Waals surface area contributed by atoms with Crippen molar-refractivity contribution < 1.29 is 9.47 Å². The van der Waals surface area contributed by atoms with Crippen LogP contribution in [0.25, 0.3) is 0 Å². The smallest absolute Gasteiger partial charge is 0.113 e. The summed E-state index contributed by atoms with van der Waals surface area (Å²) >= 11 is 6.09. The lowest BCUT2D eigenvalue weighted by molar-refractivity contribution is 0.114. The minimum absolute atomic E-state index is 0.135. The summed E-state index contributed by atoms with van der Waals surface area (Å²) < 4.78 is 11.1. The molecule has 0 aliphatic carbocycles. The van der Waals surface area contributed by atoms with Gasteiger partial charge in [0.15, 0.2) is 0 Å². The summed E-state index contributed by atoms with van der Waals surface area (Å²) in [5.74, 6) is 0. The van der Waals surface area contributed by atoms with Crippen molar-refractivity contribution in [1.82, 2.24) is 0 Å². The molecule has 88 valence electrons. The molecule has 16 heavy (non-hydrogen) atoms. The third kappa shape index (κ3) is 2.97. The Kier molecular flexibility index (Phi) is 4.22. The normalized spacial score (nSPS) is 23.4. The van der Waals surface area contributed by atoms with Crippen molar-refractivity contribution in [2.24, 2.45) is 0 Å². The first-order chi connectivity index (χ1) is 7.83. The van der Waals surface area contributed by atoms with Gasteiger partial charge in [-0.15, -0.1) is 0 Å². The summed E-state index contributed by atoms with van der Waals surface area (Å²) in [5.41, 5.74) is 1.08. The van der Waals surface area contributed by atoms with Crippen LogP contribution in [0.15, 0.2) is 24.3 Å². The quantitative estimate of drug-likeness (QED) is 0.560. The third-order valence-corrected chi connectivity index (χ3v) is 3.06. The van der Waals surface area contributed by atoms with Crippen molar-refractivity contribution >= 4 is 11.6 Å². The highest BCUT2D eigenvalue weighted by Crippen LogP contribution is 2.41. The van der Waals surface area contributed by atoms with E-state index in [0.29, 0.717) is 6.61 Å². The Labute approximate surface area is 102 Å². The monoisotopic (exact) mass is 240 g/mol. The third-order valence-electron chi connectivity index (χ3n) is 2.72. The van der Waals surface area contributed by atoms with Gasteiger partial charge in [0.2, 0.25) is 0 Å². The van der Waals surface area contributed by atoms with Crippen LogP contribution in [0.4, 0.5) is 0 Å². The number of epoxide rings is 1. The topological polar surface area (TPSA) is 21.8 Å². The number of unbranched alkanes of at least 4 members (excludes halogenated alkanes) is 1.